The van der Waals surface area contributed by atoms with Gasteiger partial charge in [0.15, 0.2) is 17.3 Å². The maximum absolute atomic E-state index is 12.7. The van der Waals surface area contributed by atoms with Crippen LogP contribution in [-0.4, -0.2) is 41.6 Å². The largest absolute Gasteiger partial charge is 0.486 e. The summed E-state index contributed by atoms with van der Waals surface area (Å²) in [6.07, 6.45) is 1.80. The molecule has 0 fully saturated rings. The zero-order chi connectivity index (χ0) is 22.8. The highest BCUT2D eigenvalue weighted by Crippen LogP contribution is 2.33. The molecule has 0 atom stereocenters. The van der Waals surface area contributed by atoms with Crippen molar-refractivity contribution in [2.75, 3.05) is 17.9 Å². The lowest BCUT2D eigenvalue weighted by Crippen LogP contribution is -2.17. The van der Waals surface area contributed by atoms with E-state index in [1.54, 1.807) is 53.3 Å². The van der Waals surface area contributed by atoms with Crippen molar-refractivity contribution in [2.45, 2.75) is 11.8 Å². The molecule has 0 aliphatic carbocycles. The second-order valence-corrected chi connectivity index (χ2v) is 8.85. The van der Waals surface area contributed by atoms with Crippen molar-refractivity contribution in [1.29, 1.82) is 0 Å². The number of aryl methyl sites for hydroxylation is 1. The van der Waals surface area contributed by atoms with E-state index < -0.39 is 10.0 Å². The first kappa shape index (κ1) is 20.8. The molecule has 5 rings (SSSR count). The average molecular weight is 465 g/mol. The summed E-state index contributed by atoms with van der Waals surface area (Å²) in [5.74, 6) is 2.28. The maximum atomic E-state index is 12.7. The summed E-state index contributed by atoms with van der Waals surface area (Å²) >= 11 is 0. The summed E-state index contributed by atoms with van der Waals surface area (Å²) < 4.78 is 46.3. The summed E-state index contributed by atoms with van der Waals surface area (Å²) in [6, 6.07) is 16.3. The van der Waals surface area contributed by atoms with Gasteiger partial charge in [0.05, 0.1) is 10.6 Å². The molecule has 0 unspecified atom stereocenters. The van der Waals surface area contributed by atoms with Gasteiger partial charge in [-0.15, -0.1) is 10.2 Å². The molecule has 10 nitrogen and oxygen atoms in total. The van der Waals surface area contributed by atoms with Crippen LogP contribution in [0.1, 0.15) is 5.69 Å². The number of hydrogen-bond donors (Lipinski definition) is 1. The second kappa shape index (κ2) is 8.43. The fourth-order valence-corrected chi connectivity index (χ4v) is 4.22. The molecular weight excluding hydrogens is 446 g/mol. The molecular formula is C22H19N5O5S. The van der Waals surface area contributed by atoms with Gasteiger partial charge in [-0.05, 0) is 55.5 Å². The number of sulfonamides is 1. The fourth-order valence-electron chi connectivity index (χ4n) is 3.15. The molecule has 0 saturated carbocycles. The Balaban J connectivity index is 1.26. The Bertz CT molecular complexity index is 1390. The Hall–Kier alpha value is -4.12. The molecule has 2 aromatic heterocycles. The number of nitrogens with one attached hydrogen (secondary N) is 1. The SMILES string of the molecule is Cc1ccn(-c2ccc(Oc3ccc(NS(=O)(=O)c4ccc5c(c4)OCCO5)cc3)nn2)n1. The van der Waals surface area contributed by atoms with Crippen LogP contribution < -0.4 is 18.9 Å². The Morgan fingerprint density at radius 1 is 0.939 bits per heavy atom. The van der Waals surface area contributed by atoms with Gasteiger partial charge in [-0.2, -0.15) is 5.10 Å². The smallest absolute Gasteiger partial charge is 0.262 e. The molecule has 1 aliphatic rings. The minimum absolute atomic E-state index is 0.0785. The predicted octanol–water partition coefficient (Wildman–Crippen LogP) is 3.34. The number of hydrogen-bond acceptors (Lipinski definition) is 8. The van der Waals surface area contributed by atoms with Crippen molar-refractivity contribution in [3.8, 4) is 28.9 Å². The molecule has 0 bridgehead atoms. The molecule has 168 valence electrons. The normalized spacial score (nSPS) is 12.9. The standard InChI is InChI=1S/C22H19N5O5S/c1-15-10-11-27(25-15)21-8-9-22(24-23-21)32-17-4-2-16(3-5-17)26-33(28,29)18-6-7-19-20(14-18)31-13-12-30-19/h2-11,14,26H,12-13H2,1H3. The third-order valence-electron chi connectivity index (χ3n) is 4.74. The zero-order valence-corrected chi connectivity index (χ0v) is 18.3. The van der Waals surface area contributed by atoms with E-state index in [9.17, 15) is 8.42 Å². The molecule has 11 heteroatoms. The fraction of sp³-hybridized carbons (Fsp3) is 0.136. The van der Waals surface area contributed by atoms with Gasteiger partial charge >= 0.3 is 0 Å². The van der Waals surface area contributed by atoms with E-state index in [-0.39, 0.29) is 4.90 Å². The summed E-state index contributed by atoms with van der Waals surface area (Å²) in [4.78, 5) is 0.0785. The van der Waals surface area contributed by atoms with Crippen LogP contribution in [0.4, 0.5) is 5.69 Å². The maximum Gasteiger partial charge on any atom is 0.262 e. The molecule has 33 heavy (non-hydrogen) atoms. The number of rotatable bonds is 6. The number of aromatic nitrogens is 4. The number of nitrogens with zero attached hydrogens (tertiary/aromatic N) is 4. The van der Waals surface area contributed by atoms with Gasteiger partial charge in [0.1, 0.15) is 19.0 Å². The third-order valence-corrected chi connectivity index (χ3v) is 6.11. The Morgan fingerprint density at radius 2 is 1.73 bits per heavy atom. The summed E-state index contributed by atoms with van der Waals surface area (Å²) in [5, 5.41) is 12.4. The lowest BCUT2D eigenvalue weighted by atomic mass is 10.3. The quantitative estimate of drug-likeness (QED) is 0.461. The number of anilines is 1. The van der Waals surface area contributed by atoms with Crippen LogP contribution in [0.15, 0.2) is 71.8 Å². The summed E-state index contributed by atoms with van der Waals surface area (Å²) in [7, 11) is -3.80. The number of ether oxygens (including phenoxy) is 3. The first-order chi connectivity index (χ1) is 16.0. The first-order valence-electron chi connectivity index (χ1n) is 10.0. The van der Waals surface area contributed by atoms with Crippen molar-refractivity contribution in [1.82, 2.24) is 20.0 Å². The minimum atomic E-state index is -3.80. The highest BCUT2D eigenvalue weighted by Gasteiger charge is 2.19. The predicted molar refractivity (Wildman–Crippen MR) is 119 cm³/mol. The minimum Gasteiger partial charge on any atom is -0.486 e. The molecule has 1 N–H and O–H groups in total. The van der Waals surface area contributed by atoms with E-state index in [1.807, 2.05) is 13.0 Å². The van der Waals surface area contributed by atoms with Crippen LogP contribution in [0, 0.1) is 6.92 Å². The molecule has 0 radical (unpaired) electrons. The van der Waals surface area contributed by atoms with Crippen LogP contribution >= 0.6 is 0 Å². The number of benzene rings is 2. The van der Waals surface area contributed by atoms with Gasteiger partial charge < -0.3 is 14.2 Å². The molecule has 4 aromatic rings. The Kier molecular flexibility index (Phi) is 5.31. The molecule has 0 spiro atoms. The number of fused-ring (bicyclic) bond motifs is 1. The van der Waals surface area contributed by atoms with Crippen molar-refractivity contribution >= 4 is 15.7 Å². The molecule has 1 aliphatic heterocycles. The van der Waals surface area contributed by atoms with Gasteiger partial charge in [0.25, 0.3) is 10.0 Å². The van der Waals surface area contributed by atoms with Gasteiger partial charge in [0, 0.05) is 24.0 Å². The molecule has 2 aromatic carbocycles. The van der Waals surface area contributed by atoms with E-state index in [0.717, 1.165) is 5.69 Å². The lowest BCUT2D eigenvalue weighted by Gasteiger charge is -2.19. The third kappa shape index (κ3) is 4.58. The van der Waals surface area contributed by atoms with Crippen molar-refractivity contribution in [3.63, 3.8) is 0 Å². The lowest BCUT2D eigenvalue weighted by molar-refractivity contribution is 0.171. The second-order valence-electron chi connectivity index (χ2n) is 7.17. The van der Waals surface area contributed by atoms with Crippen molar-refractivity contribution < 1.29 is 22.6 Å². The topological polar surface area (TPSA) is 117 Å². The first-order valence-corrected chi connectivity index (χ1v) is 11.5. The van der Waals surface area contributed by atoms with Crippen LogP contribution in [0.2, 0.25) is 0 Å². The monoisotopic (exact) mass is 465 g/mol. The molecule has 3 heterocycles. The van der Waals surface area contributed by atoms with E-state index >= 15 is 0 Å². The van der Waals surface area contributed by atoms with E-state index in [2.05, 4.69) is 20.0 Å². The van der Waals surface area contributed by atoms with Gasteiger partial charge in [-0.25, -0.2) is 13.1 Å². The molecule has 0 amide bonds. The van der Waals surface area contributed by atoms with Gasteiger partial charge in [0.2, 0.25) is 5.88 Å². The molecule has 0 saturated heterocycles. The van der Waals surface area contributed by atoms with Crippen LogP contribution in [0.25, 0.3) is 5.82 Å². The van der Waals surface area contributed by atoms with Crippen LogP contribution in [-0.2, 0) is 10.0 Å². The van der Waals surface area contributed by atoms with Crippen LogP contribution in [0.5, 0.6) is 23.1 Å². The highest BCUT2D eigenvalue weighted by atomic mass is 32.2. The van der Waals surface area contributed by atoms with E-state index in [4.69, 9.17) is 14.2 Å². The Morgan fingerprint density at radius 3 is 2.42 bits per heavy atom. The summed E-state index contributed by atoms with van der Waals surface area (Å²) in [6.45, 7) is 2.70. The van der Waals surface area contributed by atoms with Crippen molar-refractivity contribution in [3.05, 3.63) is 72.6 Å². The average Bonchev–Trinajstić information content (AvgIpc) is 3.26. The van der Waals surface area contributed by atoms with Gasteiger partial charge in [-0.1, -0.05) is 0 Å². The summed E-state index contributed by atoms with van der Waals surface area (Å²) in [5.41, 5.74) is 1.26. The van der Waals surface area contributed by atoms with Crippen LogP contribution in [0.3, 0.4) is 0 Å². The van der Waals surface area contributed by atoms with E-state index in [0.29, 0.717) is 47.8 Å². The van der Waals surface area contributed by atoms with Gasteiger partial charge in [-0.3, -0.25) is 4.72 Å². The van der Waals surface area contributed by atoms with E-state index in [1.165, 1.54) is 12.1 Å². The zero-order valence-electron chi connectivity index (χ0n) is 17.5. The highest BCUT2D eigenvalue weighted by molar-refractivity contribution is 7.92. The van der Waals surface area contributed by atoms with Crippen molar-refractivity contribution in [2.24, 2.45) is 0 Å². The Labute approximate surface area is 189 Å².